The number of aliphatic hydroxyl groups is 1. The second kappa shape index (κ2) is 4.24. The molecule has 0 aliphatic heterocycles. The standard InChI is InChI=1S/C11H14O3/c1-11(14,8-7-10(12)13)9-5-3-2-4-6-9/h2-6,14H,7-8H2,1H3,(H,12,13). The molecule has 1 rings (SSSR count). The Morgan fingerprint density at radius 2 is 1.93 bits per heavy atom. The Bertz CT molecular complexity index is 304. The first kappa shape index (κ1) is 10.7. The number of hydrogen-bond donors (Lipinski definition) is 2. The lowest BCUT2D eigenvalue weighted by Gasteiger charge is -2.22. The molecule has 1 aromatic rings. The molecule has 0 spiro atoms. The molecule has 0 radical (unpaired) electrons. The summed E-state index contributed by atoms with van der Waals surface area (Å²) in [6.07, 6.45) is 0.203. The van der Waals surface area contributed by atoms with Crippen LogP contribution in [-0.4, -0.2) is 16.2 Å². The van der Waals surface area contributed by atoms with Crippen molar-refractivity contribution in [2.24, 2.45) is 0 Å². The molecule has 1 unspecified atom stereocenters. The van der Waals surface area contributed by atoms with Gasteiger partial charge in [0, 0.05) is 6.42 Å². The highest BCUT2D eigenvalue weighted by atomic mass is 16.4. The maximum Gasteiger partial charge on any atom is 0.303 e. The Hall–Kier alpha value is -1.35. The van der Waals surface area contributed by atoms with E-state index in [0.29, 0.717) is 0 Å². The van der Waals surface area contributed by atoms with Crippen LogP contribution >= 0.6 is 0 Å². The quantitative estimate of drug-likeness (QED) is 0.767. The van der Waals surface area contributed by atoms with Crippen LogP contribution in [0.15, 0.2) is 30.3 Å². The summed E-state index contributed by atoms with van der Waals surface area (Å²) in [5.74, 6) is -0.888. The Labute approximate surface area is 83.0 Å². The van der Waals surface area contributed by atoms with Crippen molar-refractivity contribution in [3.05, 3.63) is 35.9 Å². The van der Waals surface area contributed by atoms with Crippen LogP contribution < -0.4 is 0 Å². The van der Waals surface area contributed by atoms with E-state index in [1.807, 2.05) is 18.2 Å². The topological polar surface area (TPSA) is 57.5 Å². The van der Waals surface area contributed by atoms with E-state index in [-0.39, 0.29) is 12.8 Å². The molecule has 14 heavy (non-hydrogen) atoms. The molecule has 0 fully saturated rings. The van der Waals surface area contributed by atoms with E-state index in [9.17, 15) is 9.90 Å². The second-order valence-electron chi connectivity index (χ2n) is 3.53. The minimum atomic E-state index is -1.06. The fourth-order valence-electron chi connectivity index (χ4n) is 1.29. The molecule has 0 aliphatic carbocycles. The minimum Gasteiger partial charge on any atom is -0.481 e. The van der Waals surface area contributed by atoms with Gasteiger partial charge in [0.1, 0.15) is 0 Å². The highest BCUT2D eigenvalue weighted by Crippen LogP contribution is 2.25. The summed E-state index contributed by atoms with van der Waals surface area (Å²) >= 11 is 0. The van der Waals surface area contributed by atoms with Gasteiger partial charge in [0.05, 0.1) is 5.60 Å². The van der Waals surface area contributed by atoms with Gasteiger partial charge in [0.15, 0.2) is 0 Å². The molecular formula is C11H14O3. The van der Waals surface area contributed by atoms with Crippen molar-refractivity contribution in [1.82, 2.24) is 0 Å². The van der Waals surface area contributed by atoms with E-state index in [2.05, 4.69) is 0 Å². The fraction of sp³-hybridized carbons (Fsp3) is 0.364. The molecule has 76 valence electrons. The normalized spacial score (nSPS) is 14.7. The highest BCUT2D eigenvalue weighted by molar-refractivity contribution is 5.66. The van der Waals surface area contributed by atoms with Gasteiger partial charge in [-0.05, 0) is 18.9 Å². The molecular weight excluding hydrogens is 180 g/mol. The predicted molar refractivity (Wildman–Crippen MR) is 52.9 cm³/mol. The third-order valence-electron chi connectivity index (χ3n) is 2.22. The number of carboxylic acids is 1. The number of hydrogen-bond acceptors (Lipinski definition) is 2. The lowest BCUT2D eigenvalue weighted by Crippen LogP contribution is -2.22. The van der Waals surface area contributed by atoms with E-state index < -0.39 is 11.6 Å². The third kappa shape index (κ3) is 2.85. The lowest BCUT2D eigenvalue weighted by molar-refractivity contribution is -0.138. The largest absolute Gasteiger partial charge is 0.481 e. The fourth-order valence-corrected chi connectivity index (χ4v) is 1.29. The van der Waals surface area contributed by atoms with Gasteiger partial charge in [-0.3, -0.25) is 4.79 Å². The third-order valence-corrected chi connectivity index (χ3v) is 2.22. The van der Waals surface area contributed by atoms with Gasteiger partial charge in [-0.1, -0.05) is 30.3 Å². The van der Waals surface area contributed by atoms with Crippen molar-refractivity contribution >= 4 is 5.97 Å². The van der Waals surface area contributed by atoms with Crippen molar-refractivity contribution in [3.63, 3.8) is 0 Å². The number of benzene rings is 1. The van der Waals surface area contributed by atoms with Gasteiger partial charge in [0.25, 0.3) is 0 Å². The molecule has 3 nitrogen and oxygen atoms in total. The number of carboxylic acid groups (broad SMARTS) is 1. The van der Waals surface area contributed by atoms with E-state index in [4.69, 9.17) is 5.11 Å². The summed E-state index contributed by atoms with van der Waals surface area (Å²) in [5, 5.41) is 18.5. The molecule has 0 aliphatic rings. The Morgan fingerprint density at radius 1 is 1.36 bits per heavy atom. The summed E-state index contributed by atoms with van der Waals surface area (Å²) in [4.78, 5) is 10.4. The molecule has 3 heteroatoms. The van der Waals surface area contributed by atoms with Crippen molar-refractivity contribution in [2.75, 3.05) is 0 Å². The van der Waals surface area contributed by atoms with Crippen LogP contribution in [0.2, 0.25) is 0 Å². The van der Waals surface area contributed by atoms with Crippen molar-refractivity contribution in [2.45, 2.75) is 25.4 Å². The Balaban J connectivity index is 2.70. The monoisotopic (exact) mass is 194 g/mol. The first-order valence-corrected chi connectivity index (χ1v) is 4.52. The van der Waals surface area contributed by atoms with Crippen LogP contribution in [0.25, 0.3) is 0 Å². The summed E-state index contributed by atoms with van der Waals surface area (Å²) in [5.41, 5.74) is -0.305. The number of carbonyl (C=O) groups is 1. The van der Waals surface area contributed by atoms with Gasteiger partial charge < -0.3 is 10.2 Å². The summed E-state index contributed by atoms with van der Waals surface area (Å²) in [7, 11) is 0. The molecule has 0 heterocycles. The lowest BCUT2D eigenvalue weighted by atomic mass is 9.91. The van der Waals surface area contributed by atoms with Crippen LogP contribution in [0.5, 0.6) is 0 Å². The maximum absolute atomic E-state index is 10.4. The van der Waals surface area contributed by atoms with E-state index in [0.717, 1.165) is 5.56 Å². The molecule has 1 atom stereocenters. The highest BCUT2D eigenvalue weighted by Gasteiger charge is 2.23. The molecule has 0 aromatic heterocycles. The average molecular weight is 194 g/mol. The average Bonchev–Trinajstić information content (AvgIpc) is 2.16. The van der Waals surface area contributed by atoms with Gasteiger partial charge in [-0.25, -0.2) is 0 Å². The second-order valence-corrected chi connectivity index (χ2v) is 3.53. The molecule has 1 aromatic carbocycles. The summed E-state index contributed by atoms with van der Waals surface area (Å²) in [6, 6.07) is 9.09. The smallest absolute Gasteiger partial charge is 0.303 e. The Kier molecular flexibility index (Phi) is 3.25. The first-order chi connectivity index (χ1) is 6.52. The molecule has 0 amide bonds. The first-order valence-electron chi connectivity index (χ1n) is 4.52. The van der Waals surface area contributed by atoms with Crippen LogP contribution in [0, 0.1) is 0 Å². The number of rotatable bonds is 4. The van der Waals surface area contributed by atoms with E-state index >= 15 is 0 Å². The van der Waals surface area contributed by atoms with Crippen molar-refractivity contribution in [1.29, 1.82) is 0 Å². The minimum absolute atomic E-state index is 0.0259. The van der Waals surface area contributed by atoms with Crippen LogP contribution in [0.1, 0.15) is 25.3 Å². The van der Waals surface area contributed by atoms with Crippen molar-refractivity contribution in [3.8, 4) is 0 Å². The Morgan fingerprint density at radius 3 is 2.43 bits per heavy atom. The van der Waals surface area contributed by atoms with Crippen LogP contribution in [0.3, 0.4) is 0 Å². The van der Waals surface area contributed by atoms with Crippen LogP contribution in [0.4, 0.5) is 0 Å². The van der Waals surface area contributed by atoms with Gasteiger partial charge in [-0.15, -0.1) is 0 Å². The van der Waals surface area contributed by atoms with Gasteiger partial charge in [-0.2, -0.15) is 0 Å². The molecule has 0 saturated heterocycles. The zero-order chi connectivity index (χ0) is 10.6. The SMILES string of the molecule is CC(O)(CCC(=O)O)c1ccccc1. The summed E-state index contributed by atoms with van der Waals surface area (Å²) < 4.78 is 0. The maximum atomic E-state index is 10.4. The molecule has 0 saturated carbocycles. The zero-order valence-corrected chi connectivity index (χ0v) is 8.10. The van der Waals surface area contributed by atoms with Gasteiger partial charge >= 0.3 is 5.97 Å². The van der Waals surface area contributed by atoms with E-state index in [1.54, 1.807) is 19.1 Å². The van der Waals surface area contributed by atoms with Gasteiger partial charge in [0.2, 0.25) is 0 Å². The van der Waals surface area contributed by atoms with Crippen molar-refractivity contribution < 1.29 is 15.0 Å². The van der Waals surface area contributed by atoms with Crippen LogP contribution in [-0.2, 0) is 10.4 Å². The molecule has 2 N–H and O–H groups in total. The van der Waals surface area contributed by atoms with E-state index in [1.165, 1.54) is 0 Å². The number of aliphatic carboxylic acids is 1. The summed E-state index contributed by atoms with van der Waals surface area (Å²) in [6.45, 7) is 1.63. The molecule has 0 bridgehead atoms. The zero-order valence-electron chi connectivity index (χ0n) is 8.10. The predicted octanol–water partition coefficient (Wildman–Crippen LogP) is 1.76.